The quantitative estimate of drug-likeness (QED) is 0.559. The monoisotopic (exact) mass is 255 g/mol. The second-order valence-electron chi connectivity index (χ2n) is 5.43. The summed E-state index contributed by atoms with van der Waals surface area (Å²) in [5.74, 6) is -0.848. The van der Waals surface area contributed by atoms with Crippen LogP contribution in [0.3, 0.4) is 0 Å². The topological polar surface area (TPSA) is 98.7 Å². The van der Waals surface area contributed by atoms with E-state index in [1.165, 1.54) is 0 Å². The van der Waals surface area contributed by atoms with E-state index < -0.39 is 28.9 Å². The molecule has 0 bridgehead atoms. The smallest absolute Gasteiger partial charge is 0.325 e. The van der Waals surface area contributed by atoms with E-state index in [0.29, 0.717) is 0 Å². The first-order valence-corrected chi connectivity index (χ1v) is 5.86. The Labute approximate surface area is 105 Å². The zero-order valence-electron chi connectivity index (χ0n) is 10.4. The summed E-state index contributed by atoms with van der Waals surface area (Å²) in [6, 6.07) is -0.561. The highest BCUT2D eigenvalue weighted by molar-refractivity contribution is 6.08. The van der Waals surface area contributed by atoms with Gasteiger partial charge >= 0.3 is 6.03 Å². The Bertz CT molecular complexity index is 415. The Kier molecular flexibility index (Phi) is 2.81. The molecule has 7 heteroatoms. The molecule has 18 heavy (non-hydrogen) atoms. The van der Waals surface area contributed by atoms with Crippen molar-refractivity contribution in [1.29, 1.82) is 0 Å². The molecule has 3 N–H and O–H groups in total. The zero-order valence-corrected chi connectivity index (χ0v) is 10.4. The van der Waals surface area contributed by atoms with Crippen molar-refractivity contribution < 1.29 is 19.5 Å². The molecular formula is C11H17N3O4. The van der Waals surface area contributed by atoms with E-state index in [0.717, 1.165) is 17.7 Å². The first kappa shape index (κ1) is 12.8. The predicted molar refractivity (Wildman–Crippen MR) is 61.5 cm³/mol. The van der Waals surface area contributed by atoms with Crippen molar-refractivity contribution in [2.45, 2.75) is 37.8 Å². The van der Waals surface area contributed by atoms with Gasteiger partial charge in [0.2, 0.25) is 5.91 Å². The van der Waals surface area contributed by atoms with E-state index >= 15 is 0 Å². The normalized spacial score (nSPS) is 23.8. The Morgan fingerprint density at radius 1 is 1.44 bits per heavy atom. The van der Waals surface area contributed by atoms with E-state index in [9.17, 15) is 14.4 Å². The van der Waals surface area contributed by atoms with Crippen molar-refractivity contribution in [2.24, 2.45) is 0 Å². The summed E-state index contributed by atoms with van der Waals surface area (Å²) in [6.07, 6.45) is 1.45. The van der Waals surface area contributed by atoms with Crippen LogP contribution >= 0.6 is 0 Å². The third kappa shape index (κ3) is 2.17. The Morgan fingerprint density at radius 2 is 2.06 bits per heavy atom. The van der Waals surface area contributed by atoms with Gasteiger partial charge in [0.25, 0.3) is 5.91 Å². The highest BCUT2D eigenvalue weighted by atomic mass is 16.3. The van der Waals surface area contributed by atoms with Crippen LogP contribution in [-0.2, 0) is 9.59 Å². The molecule has 1 aliphatic carbocycles. The number of amides is 4. The maximum atomic E-state index is 11.8. The number of carbonyl (C=O) groups excluding carboxylic acids is 3. The van der Waals surface area contributed by atoms with Crippen LogP contribution in [0.25, 0.3) is 0 Å². The molecule has 0 radical (unpaired) electrons. The molecular weight excluding hydrogens is 238 g/mol. The Morgan fingerprint density at radius 3 is 2.44 bits per heavy atom. The number of rotatable bonds is 4. The second kappa shape index (κ2) is 3.94. The maximum absolute atomic E-state index is 11.8. The molecule has 0 aromatic rings. The number of imide groups is 1. The number of aliphatic hydroxyl groups excluding tert-OH is 1. The van der Waals surface area contributed by atoms with Gasteiger partial charge in [0.1, 0.15) is 12.1 Å². The summed E-state index contributed by atoms with van der Waals surface area (Å²) >= 11 is 0. The Balaban J connectivity index is 1.96. The highest BCUT2D eigenvalue weighted by Gasteiger charge is 2.47. The van der Waals surface area contributed by atoms with Crippen LogP contribution in [0.15, 0.2) is 0 Å². The lowest BCUT2D eigenvalue weighted by Gasteiger charge is -2.18. The lowest BCUT2D eigenvalue weighted by Crippen LogP contribution is -2.47. The van der Waals surface area contributed by atoms with E-state index in [-0.39, 0.29) is 13.2 Å². The lowest BCUT2D eigenvalue weighted by atomic mass is 10.1. The fourth-order valence-corrected chi connectivity index (χ4v) is 1.91. The van der Waals surface area contributed by atoms with Crippen LogP contribution in [0.2, 0.25) is 0 Å². The van der Waals surface area contributed by atoms with Crippen molar-refractivity contribution in [2.75, 3.05) is 13.2 Å². The average molecular weight is 255 g/mol. The van der Waals surface area contributed by atoms with Crippen LogP contribution < -0.4 is 10.6 Å². The summed E-state index contributed by atoms with van der Waals surface area (Å²) in [6.45, 7) is 2.74. The van der Waals surface area contributed by atoms with Crippen molar-refractivity contribution in [1.82, 2.24) is 15.5 Å². The number of aliphatic hydroxyl groups is 1. The molecule has 1 heterocycles. The molecule has 2 fully saturated rings. The van der Waals surface area contributed by atoms with Crippen molar-refractivity contribution in [3.63, 3.8) is 0 Å². The van der Waals surface area contributed by atoms with Gasteiger partial charge in [-0.15, -0.1) is 0 Å². The molecule has 2 aliphatic rings. The number of nitrogens with one attached hydrogen (secondary N) is 2. The van der Waals surface area contributed by atoms with Gasteiger partial charge in [-0.1, -0.05) is 0 Å². The van der Waals surface area contributed by atoms with E-state index in [1.54, 1.807) is 13.8 Å². The molecule has 0 unspecified atom stereocenters. The molecule has 0 spiro atoms. The highest BCUT2D eigenvalue weighted by Crippen LogP contribution is 2.34. The van der Waals surface area contributed by atoms with Gasteiger partial charge < -0.3 is 15.7 Å². The molecule has 0 aromatic heterocycles. The van der Waals surface area contributed by atoms with Crippen LogP contribution in [0.5, 0.6) is 0 Å². The van der Waals surface area contributed by atoms with E-state index in [4.69, 9.17) is 5.11 Å². The van der Waals surface area contributed by atoms with Crippen LogP contribution in [-0.4, -0.2) is 52.1 Å². The summed E-state index contributed by atoms with van der Waals surface area (Å²) in [7, 11) is 0. The number of nitrogens with zero attached hydrogens (tertiary/aromatic N) is 1. The van der Waals surface area contributed by atoms with Crippen LogP contribution in [0, 0.1) is 0 Å². The van der Waals surface area contributed by atoms with E-state index in [1.807, 2.05) is 0 Å². The van der Waals surface area contributed by atoms with Gasteiger partial charge in [-0.05, 0) is 26.7 Å². The first-order valence-electron chi connectivity index (χ1n) is 5.86. The second-order valence-corrected chi connectivity index (χ2v) is 5.43. The molecule has 1 saturated carbocycles. The van der Waals surface area contributed by atoms with Gasteiger partial charge in [0.15, 0.2) is 0 Å². The number of urea groups is 1. The van der Waals surface area contributed by atoms with Crippen molar-refractivity contribution in [3.05, 3.63) is 0 Å². The molecule has 1 aliphatic heterocycles. The predicted octanol–water partition coefficient (Wildman–Crippen LogP) is -1.04. The van der Waals surface area contributed by atoms with Gasteiger partial charge in [-0.2, -0.15) is 0 Å². The maximum Gasteiger partial charge on any atom is 0.325 e. The fraction of sp³-hybridized carbons (Fsp3) is 0.727. The minimum atomic E-state index is -0.967. The van der Waals surface area contributed by atoms with Gasteiger partial charge in [0.05, 0.1) is 12.1 Å². The molecule has 4 amide bonds. The van der Waals surface area contributed by atoms with Crippen molar-refractivity contribution >= 4 is 17.8 Å². The van der Waals surface area contributed by atoms with Crippen molar-refractivity contribution in [3.8, 4) is 0 Å². The third-order valence-corrected chi connectivity index (χ3v) is 3.31. The SMILES string of the molecule is CC1(C)NC(=O)N(CC(=O)NC2(CO)CC2)C1=O. The number of carbonyl (C=O) groups is 3. The molecule has 100 valence electrons. The molecule has 7 nitrogen and oxygen atoms in total. The Hall–Kier alpha value is -1.63. The van der Waals surface area contributed by atoms with Gasteiger partial charge in [-0.3, -0.25) is 14.5 Å². The molecule has 2 rings (SSSR count). The van der Waals surface area contributed by atoms with Gasteiger partial charge in [0, 0.05) is 0 Å². The minimum Gasteiger partial charge on any atom is -0.394 e. The van der Waals surface area contributed by atoms with Crippen LogP contribution in [0.4, 0.5) is 4.79 Å². The number of hydrogen-bond donors (Lipinski definition) is 3. The summed E-state index contributed by atoms with van der Waals surface area (Å²) in [5.41, 5.74) is -1.50. The third-order valence-electron chi connectivity index (χ3n) is 3.31. The molecule has 1 saturated heterocycles. The average Bonchev–Trinajstić information content (AvgIpc) is 3.00. The first-order chi connectivity index (χ1) is 8.30. The molecule has 0 atom stereocenters. The zero-order chi connectivity index (χ0) is 13.6. The summed E-state index contributed by atoms with van der Waals surface area (Å²) in [4.78, 5) is 36.0. The molecule has 0 aromatic carbocycles. The van der Waals surface area contributed by atoms with Gasteiger partial charge in [-0.25, -0.2) is 4.79 Å². The summed E-state index contributed by atoms with van der Waals surface area (Å²) < 4.78 is 0. The number of hydrogen-bond acceptors (Lipinski definition) is 4. The van der Waals surface area contributed by atoms with E-state index in [2.05, 4.69) is 10.6 Å². The van der Waals surface area contributed by atoms with Crippen LogP contribution in [0.1, 0.15) is 26.7 Å². The fourth-order valence-electron chi connectivity index (χ4n) is 1.91. The lowest BCUT2D eigenvalue weighted by molar-refractivity contribution is -0.134. The minimum absolute atomic E-state index is 0.121. The standard InChI is InChI=1S/C11H17N3O4/c1-10(2)8(17)14(9(18)13-10)5-7(16)12-11(6-15)3-4-11/h15H,3-6H2,1-2H3,(H,12,16)(H,13,18). The summed E-state index contributed by atoms with van der Waals surface area (Å²) in [5, 5.41) is 14.2. The largest absolute Gasteiger partial charge is 0.394 e.